The van der Waals surface area contributed by atoms with Crippen LogP contribution in [0.15, 0.2) is 6.07 Å². The van der Waals surface area contributed by atoms with E-state index in [-0.39, 0.29) is 5.97 Å². The molecule has 0 saturated carbocycles. The van der Waals surface area contributed by atoms with E-state index in [0.717, 1.165) is 3.70 Å². The molecule has 1 aromatic heterocycles. The third-order valence-electron chi connectivity index (χ3n) is 1.46. The minimum Gasteiger partial charge on any atom is -0.455 e. The highest BCUT2D eigenvalue weighted by atomic mass is 127. The summed E-state index contributed by atoms with van der Waals surface area (Å²) in [6, 6.07) is 1.70. The second kappa shape index (κ2) is 3.88. The Balaban J connectivity index is 2.85. The highest BCUT2D eigenvalue weighted by Gasteiger charge is 2.20. The van der Waals surface area contributed by atoms with Gasteiger partial charge in [0, 0.05) is 13.1 Å². The van der Waals surface area contributed by atoms with Crippen LogP contribution < -0.4 is 0 Å². The molecule has 0 unspecified atom stereocenters. The van der Waals surface area contributed by atoms with E-state index in [1.165, 1.54) is 4.68 Å². The fourth-order valence-electron chi connectivity index (χ4n) is 0.954. The zero-order chi connectivity index (χ0) is 10.9. The standard InChI is InChI=1S/C9H13IN2O2/c1-9(2,3)14-8(13)6-5-7(10)11-12(6)4/h5H,1-4H3. The van der Waals surface area contributed by atoms with Crippen LogP contribution in [0.4, 0.5) is 0 Å². The first-order valence-corrected chi connectivity index (χ1v) is 5.30. The third-order valence-corrected chi connectivity index (χ3v) is 1.99. The van der Waals surface area contributed by atoms with Gasteiger partial charge in [-0.2, -0.15) is 5.10 Å². The van der Waals surface area contributed by atoms with Crippen molar-refractivity contribution in [1.82, 2.24) is 9.78 Å². The number of hydrogen-bond donors (Lipinski definition) is 0. The van der Waals surface area contributed by atoms with E-state index in [1.54, 1.807) is 13.1 Å². The summed E-state index contributed by atoms with van der Waals surface area (Å²) in [7, 11) is 1.72. The Morgan fingerprint density at radius 2 is 2.14 bits per heavy atom. The number of aryl methyl sites for hydroxylation is 1. The number of esters is 1. The van der Waals surface area contributed by atoms with Crippen molar-refractivity contribution in [2.45, 2.75) is 26.4 Å². The summed E-state index contributed by atoms with van der Waals surface area (Å²) in [4.78, 5) is 11.6. The lowest BCUT2D eigenvalue weighted by Gasteiger charge is -2.19. The zero-order valence-corrected chi connectivity index (χ0v) is 10.8. The zero-order valence-electron chi connectivity index (χ0n) is 8.67. The number of carbonyl (C=O) groups excluding carboxylic acids is 1. The number of ether oxygens (including phenoxy) is 1. The van der Waals surface area contributed by atoms with Gasteiger partial charge < -0.3 is 4.74 Å². The summed E-state index contributed by atoms with van der Waals surface area (Å²) in [5.41, 5.74) is 0.0107. The molecule has 5 heteroatoms. The fourth-order valence-corrected chi connectivity index (χ4v) is 1.57. The predicted molar refractivity (Wildman–Crippen MR) is 61.1 cm³/mol. The van der Waals surface area contributed by atoms with E-state index in [1.807, 2.05) is 20.8 Å². The molecule has 0 saturated heterocycles. The lowest BCUT2D eigenvalue weighted by molar-refractivity contribution is 0.00576. The average Bonchev–Trinajstić information content (AvgIpc) is 2.26. The molecule has 0 aliphatic rings. The van der Waals surface area contributed by atoms with Gasteiger partial charge in [-0.3, -0.25) is 4.68 Å². The van der Waals surface area contributed by atoms with Crippen LogP contribution in [0.2, 0.25) is 0 Å². The molecule has 78 valence electrons. The van der Waals surface area contributed by atoms with Crippen LogP contribution in [0.1, 0.15) is 31.3 Å². The second-order valence-corrected chi connectivity index (χ2v) is 5.08. The molecule has 0 fully saturated rings. The minimum absolute atomic E-state index is 0.338. The normalized spacial score (nSPS) is 11.5. The molecule has 1 aromatic rings. The highest BCUT2D eigenvalue weighted by molar-refractivity contribution is 14.1. The summed E-state index contributed by atoms with van der Waals surface area (Å²) in [6.07, 6.45) is 0. The third kappa shape index (κ3) is 2.97. The predicted octanol–water partition coefficient (Wildman–Crippen LogP) is 1.98. The van der Waals surface area contributed by atoms with Crippen LogP contribution in [0.5, 0.6) is 0 Å². The topological polar surface area (TPSA) is 44.1 Å². The van der Waals surface area contributed by atoms with Gasteiger partial charge in [0.15, 0.2) is 0 Å². The minimum atomic E-state index is -0.465. The molecule has 0 aliphatic heterocycles. The van der Waals surface area contributed by atoms with Crippen LogP contribution in [-0.2, 0) is 11.8 Å². The van der Waals surface area contributed by atoms with Gasteiger partial charge in [0.2, 0.25) is 0 Å². The number of carbonyl (C=O) groups is 1. The van der Waals surface area contributed by atoms with E-state index in [0.29, 0.717) is 5.69 Å². The monoisotopic (exact) mass is 308 g/mol. The molecule has 1 heterocycles. The summed E-state index contributed by atoms with van der Waals surface area (Å²) in [5, 5.41) is 4.06. The van der Waals surface area contributed by atoms with Crippen molar-refractivity contribution in [3.63, 3.8) is 0 Å². The van der Waals surface area contributed by atoms with Gasteiger partial charge in [0.1, 0.15) is 15.0 Å². The van der Waals surface area contributed by atoms with Crippen molar-refractivity contribution in [2.75, 3.05) is 0 Å². The Bertz CT molecular complexity index is 352. The SMILES string of the molecule is Cn1nc(I)cc1C(=O)OC(C)(C)C. The summed E-state index contributed by atoms with van der Waals surface area (Å²) >= 11 is 2.06. The van der Waals surface area contributed by atoms with Crippen molar-refractivity contribution in [1.29, 1.82) is 0 Å². The number of nitrogens with zero attached hydrogens (tertiary/aromatic N) is 2. The van der Waals surface area contributed by atoms with Crippen molar-refractivity contribution in [3.05, 3.63) is 15.5 Å². The highest BCUT2D eigenvalue weighted by Crippen LogP contribution is 2.13. The van der Waals surface area contributed by atoms with Gasteiger partial charge in [-0.05, 0) is 43.4 Å². The summed E-state index contributed by atoms with van der Waals surface area (Å²) in [5.74, 6) is -0.338. The van der Waals surface area contributed by atoms with Crippen LogP contribution >= 0.6 is 22.6 Å². The Labute approximate surface area is 96.8 Å². The second-order valence-electron chi connectivity index (χ2n) is 3.98. The molecule has 0 aliphatic carbocycles. The van der Waals surface area contributed by atoms with Crippen molar-refractivity contribution in [2.24, 2.45) is 7.05 Å². The maximum atomic E-state index is 11.6. The molecular formula is C9H13IN2O2. The molecule has 0 aromatic carbocycles. The van der Waals surface area contributed by atoms with Gasteiger partial charge in [-0.1, -0.05) is 0 Å². The van der Waals surface area contributed by atoms with E-state index in [2.05, 4.69) is 27.7 Å². The van der Waals surface area contributed by atoms with Crippen LogP contribution in [0.3, 0.4) is 0 Å². The van der Waals surface area contributed by atoms with Crippen LogP contribution in [0.25, 0.3) is 0 Å². The molecule has 0 N–H and O–H groups in total. The Morgan fingerprint density at radius 1 is 1.57 bits per heavy atom. The Hall–Kier alpha value is -0.590. The molecule has 0 spiro atoms. The van der Waals surface area contributed by atoms with Crippen molar-refractivity contribution >= 4 is 28.6 Å². The summed E-state index contributed by atoms with van der Waals surface area (Å²) < 4.78 is 7.52. The van der Waals surface area contributed by atoms with E-state index >= 15 is 0 Å². The lowest BCUT2D eigenvalue weighted by Crippen LogP contribution is -2.25. The largest absolute Gasteiger partial charge is 0.455 e. The maximum absolute atomic E-state index is 11.6. The number of halogens is 1. The molecule has 14 heavy (non-hydrogen) atoms. The molecule has 1 rings (SSSR count). The molecule has 0 radical (unpaired) electrons. The first-order chi connectivity index (χ1) is 6.29. The van der Waals surface area contributed by atoms with Gasteiger partial charge in [-0.25, -0.2) is 4.79 Å². The van der Waals surface area contributed by atoms with Gasteiger partial charge in [0.25, 0.3) is 0 Å². The summed E-state index contributed by atoms with van der Waals surface area (Å²) in [6.45, 7) is 5.52. The van der Waals surface area contributed by atoms with Gasteiger partial charge in [-0.15, -0.1) is 0 Å². The molecular weight excluding hydrogens is 295 g/mol. The number of rotatable bonds is 1. The number of hydrogen-bond acceptors (Lipinski definition) is 3. The van der Waals surface area contributed by atoms with Crippen molar-refractivity contribution < 1.29 is 9.53 Å². The Kier molecular flexibility index (Phi) is 3.18. The maximum Gasteiger partial charge on any atom is 0.357 e. The van der Waals surface area contributed by atoms with Gasteiger partial charge in [0.05, 0.1) is 0 Å². The van der Waals surface area contributed by atoms with Gasteiger partial charge >= 0.3 is 5.97 Å². The van der Waals surface area contributed by atoms with Crippen LogP contribution in [0, 0.1) is 3.70 Å². The molecule has 0 atom stereocenters. The van der Waals surface area contributed by atoms with E-state index in [4.69, 9.17) is 4.74 Å². The molecule has 0 bridgehead atoms. The smallest absolute Gasteiger partial charge is 0.357 e. The quantitative estimate of drug-likeness (QED) is 0.588. The molecule has 0 amide bonds. The number of aromatic nitrogens is 2. The van der Waals surface area contributed by atoms with E-state index < -0.39 is 5.60 Å². The van der Waals surface area contributed by atoms with E-state index in [9.17, 15) is 4.79 Å². The Morgan fingerprint density at radius 3 is 2.50 bits per heavy atom. The fraction of sp³-hybridized carbons (Fsp3) is 0.556. The first-order valence-electron chi connectivity index (χ1n) is 4.22. The van der Waals surface area contributed by atoms with Crippen LogP contribution in [-0.4, -0.2) is 21.4 Å². The first kappa shape index (κ1) is 11.5. The van der Waals surface area contributed by atoms with Crippen molar-refractivity contribution in [3.8, 4) is 0 Å². The molecule has 4 nitrogen and oxygen atoms in total. The lowest BCUT2D eigenvalue weighted by atomic mass is 10.2. The average molecular weight is 308 g/mol.